The third-order valence-electron chi connectivity index (χ3n) is 3.31. The highest BCUT2D eigenvalue weighted by atomic mass is 16.5. The molecule has 1 amide bonds. The lowest BCUT2D eigenvalue weighted by Gasteiger charge is -2.35. The fourth-order valence-electron chi connectivity index (χ4n) is 2.32. The quantitative estimate of drug-likeness (QED) is 0.885. The molecule has 1 saturated heterocycles. The molecule has 1 aromatic rings. The summed E-state index contributed by atoms with van der Waals surface area (Å²) in [6, 6.07) is 8.85. The van der Waals surface area contributed by atoms with E-state index in [0.717, 1.165) is 12.8 Å². The first-order chi connectivity index (χ1) is 9.00. The number of nitrogens with one attached hydrogen (secondary N) is 1. The Bertz CT molecular complexity index is 500. The van der Waals surface area contributed by atoms with Crippen molar-refractivity contribution in [3.63, 3.8) is 0 Å². The van der Waals surface area contributed by atoms with Crippen LogP contribution in [-0.4, -0.2) is 24.2 Å². The van der Waals surface area contributed by atoms with Crippen LogP contribution >= 0.6 is 0 Å². The van der Waals surface area contributed by atoms with Gasteiger partial charge in [0.15, 0.2) is 0 Å². The minimum atomic E-state index is -0.180. The van der Waals surface area contributed by atoms with Crippen LogP contribution in [0.15, 0.2) is 24.3 Å². The second kappa shape index (κ2) is 5.41. The van der Waals surface area contributed by atoms with Crippen molar-refractivity contribution in [2.24, 2.45) is 0 Å². The molecule has 1 heterocycles. The highest BCUT2D eigenvalue weighted by Gasteiger charge is 2.29. The Labute approximate surface area is 113 Å². The van der Waals surface area contributed by atoms with E-state index in [4.69, 9.17) is 10.00 Å². The molecule has 1 fully saturated rings. The molecule has 0 spiro atoms. The van der Waals surface area contributed by atoms with Gasteiger partial charge in [-0.05, 0) is 51.0 Å². The average Bonchev–Trinajstić information content (AvgIpc) is 2.37. The fourth-order valence-corrected chi connectivity index (χ4v) is 2.32. The maximum absolute atomic E-state index is 12.1. The number of nitrogens with zero attached hydrogens (tertiary/aromatic N) is 1. The monoisotopic (exact) mass is 258 g/mol. The van der Waals surface area contributed by atoms with E-state index in [2.05, 4.69) is 5.32 Å². The Morgan fingerprint density at radius 3 is 2.68 bits per heavy atom. The zero-order valence-electron chi connectivity index (χ0n) is 11.3. The van der Waals surface area contributed by atoms with E-state index in [1.807, 2.05) is 19.9 Å². The number of nitriles is 1. The zero-order valence-corrected chi connectivity index (χ0v) is 11.3. The minimum absolute atomic E-state index is 0.0906. The van der Waals surface area contributed by atoms with E-state index in [9.17, 15) is 4.79 Å². The maximum atomic E-state index is 12.1. The normalized spacial score (nSPS) is 21.4. The summed E-state index contributed by atoms with van der Waals surface area (Å²) in [4.78, 5) is 12.1. The van der Waals surface area contributed by atoms with Crippen LogP contribution in [0.4, 0.5) is 0 Å². The van der Waals surface area contributed by atoms with Crippen molar-refractivity contribution in [3.8, 4) is 6.07 Å². The molecule has 4 heteroatoms. The molecule has 1 aromatic carbocycles. The maximum Gasteiger partial charge on any atom is 0.251 e. The summed E-state index contributed by atoms with van der Waals surface area (Å²) in [6.45, 7) is 4.74. The van der Waals surface area contributed by atoms with Crippen LogP contribution < -0.4 is 5.32 Å². The van der Waals surface area contributed by atoms with E-state index in [1.54, 1.807) is 24.3 Å². The summed E-state index contributed by atoms with van der Waals surface area (Å²) in [5.74, 6) is -0.0906. The van der Waals surface area contributed by atoms with E-state index >= 15 is 0 Å². The molecule has 100 valence electrons. The van der Waals surface area contributed by atoms with Gasteiger partial charge in [0.1, 0.15) is 0 Å². The summed E-state index contributed by atoms with van der Waals surface area (Å²) in [5.41, 5.74) is 0.966. The van der Waals surface area contributed by atoms with Crippen molar-refractivity contribution in [2.75, 3.05) is 6.61 Å². The molecule has 1 N–H and O–H groups in total. The van der Waals surface area contributed by atoms with E-state index in [0.29, 0.717) is 17.7 Å². The topological polar surface area (TPSA) is 62.1 Å². The van der Waals surface area contributed by atoms with Gasteiger partial charge in [-0.25, -0.2) is 0 Å². The largest absolute Gasteiger partial charge is 0.375 e. The molecule has 0 radical (unpaired) electrons. The van der Waals surface area contributed by atoms with Gasteiger partial charge >= 0.3 is 0 Å². The number of benzene rings is 1. The van der Waals surface area contributed by atoms with Crippen LogP contribution in [-0.2, 0) is 4.74 Å². The molecule has 4 nitrogen and oxygen atoms in total. The first-order valence-electron chi connectivity index (χ1n) is 6.45. The molecule has 0 saturated carbocycles. The molecule has 0 aliphatic carbocycles. The SMILES string of the molecule is CC1(C)CC(NC(=O)c2ccc(C#N)cc2)CCO1. The molecule has 1 aliphatic rings. The van der Waals surface area contributed by atoms with E-state index in [1.165, 1.54) is 0 Å². The van der Waals surface area contributed by atoms with Crippen molar-refractivity contribution in [3.05, 3.63) is 35.4 Å². The lowest BCUT2D eigenvalue weighted by atomic mass is 9.94. The van der Waals surface area contributed by atoms with E-state index < -0.39 is 0 Å². The predicted molar refractivity (Wildman–Crippen MR) is 71.7 cm³/mol. The Morgan fingerprint density at radius 1 is 1.42 bits per heavy atom. The van der Waals surface area contributed by atoms with Gasteiger partial charge in [0.25, 0.3) is 5.91 Å². The van der Waals surface area contributed by atoms with Gasteiger partial charge in [-0.3, -0.25) is 4.79 Å². The van der Waals surface area contributed by atoms with Crippen molar-refractivity contribution in [1.29, 1.82) is 5.26 Å². The van der Waals surface area contributed by atoms with Gasteiger partial charge in [0.05, 0.1) is 17.2 Å². The van der Waals surface area contributed by atoms with Gasteiger partial charge in [0, 0.05) is 18.2 Å². The highest BCUT2D eigenvalue weighted by Crippen LogP contribution is 2.24. The molecular weight excluding hydrogens is 240 g/mol. The van der Waals surface area contributed by atoms with Crippen LogP contribution in [0.1, 0.15) is 42.6 Å². The number of ether oxygens (including phenoxy) is 1. The Balaban J connectivity index is 1.98. The Kier molecular flexibility index (Phi) is 3.87. The number of carbonyl (C=O) groups is 1. The third-order valence-corrected chi connectivity index (χ3v) is 3.31. The number of hydrogen-bond acceptors (Lipinski definition) is 3. The predicted octanol–water partition coefficient (Wildman–Crippen LogP) is 2.25. The number of amides is 1. The second-order valence-electron chi connectivity index (χ2n) is 5.46. The van der Waals surface area contributed by atoms with Crippen molar-refractivity contribution in [1.82, 2.24) is 5.32 Å². The van der Waals surface area contributed by atoms with Gasteiger partial charge in [-0.2, -0.15) is 5.26 Å². The minimum Gasteiger partial charge on any atom is -0.375 e. The molecule has 2 rings (SSSR count). The zero-order chi connectivity index (χ0) is 13.9. The summed E-state index contributed by atoms with van der Waals surface area (Å²) in [6.07, 6.45) is 1.65. The van der Waals surface area contributed by atoms with Crippen LogP contribution in [0.3, 0.4) is 0 Å². The average molecular weight is 258 g/mol. The van der Waals surface area contributed by atoms with Crippen molar-refractivity contribution >= 4 is 5.91 Å². The Morgan fingerprint density at radius 2 is 2.11 bits per heavy atom. The standard InChI is InChI=1S/C15H18N2O2/c1-15(2)9-13(7-8-19-15)17-14(18)12-5-3-11(10-16)4-6-12/h3-6,13H,7-9H2,1-2H3,(H,17,18). The number of hydrogen-bond donors (Lipinski definition) is 1. The summed E-state index contributed by atoms with van der Waals surface area (Å²) >= 11 is 0. The summed E-state index contributed by atoms with van der Waals surface area (Å²) in [7, 11) is 0. The third kappa shape index (κ3) is 3.55. The molecule has 19 heavy (non-hydrogen) atoms. The van der Waals surface area contributed by atoms with Gasteiger partial charge < -0.3 is 10.1 Å². The van der Waals surface area contributed by atoms with Crippen molar-refractivity contribution in [2.45, 2.75) is 38.3 Å². The Hall–Kier alpha value is -1.86. The summed E-state index contributed by atoms with van der Waals surface area (Å²) < 4.78 is 5.63. The van der Waals surface area contributed by atoms with Crippen LogP contribution in [0.2, 0.25) is 0 Å². The molecule has 0 aromatic heterocycles. The smallest absolute Gasteiger partial charge is 0.251 e. The summed E-state index contributed by atoms with van der Waals surface area (Å²) in [5, 5.41) is 11.7. The molecule has 1 atom stereocenters. The molecule has 1 unspecified atom stereocenters. The highest BCUT2D eigenvalue weighted by molar-refractivity contribution is 5.94. The fraction of sp³-hybridized carbons (Fsp3) is 0.467. The molecule has 1 aliphatic heterocycles. The lowest BCUT2D eigenvalue weighted by molar-refractivity contribution is -0.0615. The van der Waals surface area contributed by atoms with Crippen LogP contribution in [0, 0.1) is 11.3 Å². The van der Waals surface area contributed by atoms with E-state index in [-0.39, 0.29) is 17.6 Å². The first-order valence-corrected chi connectivity index (χ1v) is 6.45. The molecular formula is C15H18N2O2. The molecule has 0 bridgehead atoms. The van der Waals surface area contributed by atoms with Crippen molar-refractivity contribution < 1.29 is 9.53 Å². The van der Waals surface area contributed by atoms with Crippen LogP contribution in [0.25, 0.3) is 0 Å². The van der Waals surface area contributed by atoms with Gasteiger partial charge in [0.2, 0.25) is 0 Å². The van der Waals surface area contributed by atoms with Gasteiger partial charge in [-0.15, -0.1) is 0 Å². The lowest BCUT2D eigenvalue weighted by Crippen LogP contribution is -2.45. The first kappa shape index (κ1) is 13.6. The second-order valence-corrected chi connectivity index (χ2v) is 5.46. The number of carbonyl (C=O) groups excluding carboxylic acids is 1. The number of rotatable bonds is 2. The van der Waals surface area contributed by atoms with Gasteiger partial charge in [-0.1, -0.05) is 0 Å². The van der Waals surface area contributed by atoms with Crippen LogP contribution in [0.5, 0.6) is 0 Å².